The van der Waals surface area contributed by atoms with E-state index in [-0.39, 0.29) is 12.2 Å². The van der Waals surface area contributed by atoms with E-state index in [0.717, 1.165) is 40.7 Å². The minimum absolute atomic E-state index is 0.00661. The van der Waals surface area contributed by atoms with Crippen LogP contribution in [0.25, 0.3) is 0 Å². The molecule has 0 aromatic heterocycles. The largest absolute Gasteiger partial charge is 0.451 e. The third-order valence-electron chi connectivity index (χ3n) is 22.9. The molecule has 7 aliphatic rings. The van der Waals surface area contributed by atoms with E-state index in [1.165, 1.54) is 32.9 Å². The number of aliphatic hydroxyl groups excluding tert-OH is 21. The van der Waals surface area contributed by atoms with Crippen LogP contribution in [0.4, 0.5) is 0 Å². The van der Waals surface area contributed by atoms with Crippen molar-refractivity contribution in [3.8, 4) is 0 Å². The molecule has 0 unspecified atom stereocenters. The molecular formula is C82H134O37. The zero-order valence-corrected chi connectivity index (χ0v) is 69.4. The maximum absolute atomic E-state index is 13.6. The first kappa shape index (κ1) is 102. The van der Waals surface area contributed by atoms with Crippen molar-refractivity contribution < 1.29 is 183 Å². The fraction of sp³-hybridized carbons (Fsp3) is 0.793. The monoisotopic (exact) mass is 1710 g/mol. The van der Waals surface area contributed by atoms with Gasteiger partial charge in [-0.2, -0.15) is 0 Å². The van der Waals surface area contributed by atoms with Crippen molar-refractivity contribution in [2.75, 3.05) is 39.6 Å². The van der Waals surface area contributed by atoms with Crippen molar-refractivity contribution in [1.82, 2.24) is 0 Å². The molecule has 0 radical (unpaired) electrons. The third-order valence-corrected chi connectivity index (χ3v) is 22.9. The molecule has 684 valence electrons. The second-order valence-electron chi connectivity index (χ2n) is 32.7. The minimum Gasteiger partial charge on any atom is -0.451 e. The molecule has 37 heteroatoms. The highest BCUT2D eigenvalue weighted by Crippen LogP contribution is 2.38. The van der Waals surface area contributed by atoms with Gasteiger partial charge in [0.1, 0.15) is 153 Å². The average molecular weight is 1710 g/mol. The van der Waals surface area contributed by atoms with Gasteiger partial charge in [0.2, 0.25) is 0 Å². The molecule has 0 aromatic carbocycles. The summed E-state index contributed by atoms with van der Waals surface area (Å²) in [7, 11) is 0. The van der Waals surface area contributed by atoms with Crippen LogP contribution in [0.1, 0.15) is 146 Å². The Morgan fingerprint density at radius 2 is 0.664 bits per heavy atom. The first-order chi connectivity index (χ1) is 56.2. The first-order valence-electron chi connectivity index (χ1n) is 40.8. The first-order valence-corrected chi connectivity index (χ1v) is 40.8. The highest BCUT2D eigenvalue weighted by molar-refractivity contribution is 5.87. The molecule has 7 saturated heterocycles. The van der Waals surface area contributed by atoms with Crippen molar-refractivity contribution in [2.24, 2.45) is 0 Å². The van der Waals surface area contributed by atoms with Crippen LogP contribution in [0.3, 0.4) is 0 Å². The molecule has 37 nitrogen and oxygen atoms in total. The van der Waals surface area contributed by atoms with Crippen molar-refractivity contribution in [2.45, 2.75) is 372 Å². The van der Waals surface area contributed by atoms with Crippen LogP contribution < -0.4 is 0 Å². The van der Waals surface area contributed by atoms with Gasteiger partial charge < -0.3 is 178 Å². The molecule has 21 N–H and O–H groups in total. The third kappa shape index (κ3) is 27.5. The summed E-state index contributed by atoms with van der Waals surface area (Å²) in [6.07, 6.45) is -34.2. The summed E-state index contributed by atoms with van der Waals surface area (Å²) in [6, 6.07) is 0. The Labute approximate surface area is 693 Å². The highest BCUT2D eigenvalue weighted by atomic mass is 16.8. The van der Waals surface area contributed by atoms with E-state index in [1.54, 1.807) is 19.9 Å². The van der Waals surface area contributed by atoms with Crippen LogP contribution in [-0.2, 0) is 75.8 Å². The smallest absolute Gasteiger partial charge is 0.333 e. The van der Waals surface area contributed by atoms with Crippen molar-refractivity contribution >= 4 is 5.97 Å². The van der Waals surface area contributed by atoms with Crippen molar-refractivity contribution in [1.29, 1.82) is 0 Å². The van der Waals surface area contributed by atoms with E-state index in [1.807, 2.05) is 52.8 Å². The van der Waals surface area contributed by atoms with E-state index in [9.17, 15) is 112 Å². The molecule has 0 amide bonds. The fourth-order valence-corrected chi connectivity index (χ4v) is 14.6. The summed E-state index contributed by atoms with van der Waals surface area (Å²) in [5.41, 5.74) is 2.93. The Morgan fingerprint density at radius 3 is 1.07 bits per heavy atom. The summed E-state index contributed by atoms with van der Waals surface area (Å²) >= 11 is 0. The average Bonchev–Trinajstić information content (AvgIpc) is 0.788. The number of rotatable bonds is 42. The van der Waals surface area contributed by atoms with Gasteiger partial charge in [-0.25, -0.2) is 4.79 Å². The number of carbonyl (C=O) groups is 1. The molecule has 7 fully saturated rings. The van der Waals surface area contributed by atoms with Gasteiger partial charge in [0.25, 0.3) is 0 Å². The molecule has 119 heavy (non-hydrogen) atoms. The van der Waals surface area contributed by atoms with Crippen LogP contribution in [-0.4, -0.2) is 379 Å². The van der Waals surface area contributed by atoms with E-state index >= 15 is 0 Å². The Bertz CT molecular complexity index is 3300. The molecule has 7 heterocycles. The zero-order valence-electron chi connectivity index (χ0n) is 69.4. The standard InChI is InChI=1S/C82H134O37/c1-13-81(11,118-79-71(63(98)56(91)49(35-85)111-79)116-75-65(100)59(94)54(89)47(33-83)109-75)31-19-28-41(5)23-15-21-39(3)25-17-27-43(7)37-105-74-68(103)69(53(88)46(10)107-74)115-77-67(102)61(96)58(93)51(113-77)38-106-78-70(62(97)52(87)45(9)108-78)114-73(104)44(8)30-18-26-40(4)22-16-24-42(6)29-20-32-82(12,14-2)119-80-72(64(99)57(92)50(36-86)112-80)117-76-66(101)60(95)55(90)48(34-84)110-76/h13-14,21-22,27-30,45-72,74-80,83-103H,1-2,15-20,23-26,31-38H2,3-12H3/b39-21+,40-22+,41-28+,42-29+,43-27-,44-30+/t45-,46-,47+,48+,49+,50+,51+,52-,53-,54+,55+,56+,57+,58+,59-,60-,61-,62+,63-,64-,65+,66+,67+,68+,69+,70+,71+,72+,74+,75-,76-,77-,78+,79-,80-,81+,82+/m0/s1. The van der Waals surface area contributed by atoms with Crippen molar-refractivity contribution in [3.63, 3.8) is 0 Å². The number of carbonyl (C=O) groups excluding carboxylic acids is 1. The second kappa shape index (κ2) is 47.5. The maximum Gasteiger partial charge on any atom is 0.333 e. The van der Waals surface area contributed by atoms with Crippen LogP contribution in [0.5, 0.6) is 0 Å². The lowest BCUT2D eigenvalue weighted by Gasteiger charge is -2.47. The van der Waals surface area contributed by atoms with Gasteiger partial charge in [-0.1, -0.05) is 76.5 Å². The van der Waals surface area contributed by atoms with Crippen LogP contribution in [0, 0.1) is 0 Å². The van der Waals surface area contributed by atoms with Gasteiger partial charge in [0.15, 0.2) is 50.1 Å². The van der Waals surface area contributed by atoms with E-state index < -0.39 is 265 Å². The Morgan fingerprint density at radius 1 is 0.336 bits per heavy atom. The number of hydrogen-bond acceptors (Lipinski definition) is 37. The number of allylic oxidation sites excluding steroid dienone is 10. The SMILES string of the molecule is C=C[C@](C)(CC/C=C(\C)CC/C=C(\C)CC/C=C(/C)CO[C@@H]1O[C@@H](C)[C@H](O)[C@@H](O[C@@H]2O[C@H](CO[C@@H]3O[C@@H](C)[C@H](O)[C@@H](O)[C@H]3OC(=O)/C(C)=C/CC/C(C)=C/CC/C(C)=C/CC[C@@](C)(C=C)O[C@@H]3O[C@H](CO)[C@@H](O)[C@H](O)[C@H]3O[C@@H]3O[C@H](CO)[C@@H](O)[C@H](O)[C@H]3O)[C@@H](O)[C@H](O)[C@H]2O)[C@H]1O)O[C@@H]1O[C@H](CO)[C@@H](O)[C@H](O)[C@H]1O[C@@H]1O[C@H](CO)[C@@H](O)[C@H](O)[C@H]1O. The topological polar surface area (TPSA) is 580 Å². The maximum atomic E-state index is 13.6. The van der Waals surface area contributed by atoms with Gasteiger partial charge in [-0.3, -0.25) is 0 Å². The van der Waals surface area contributed by atoms with E-state index in [4.69, 9.17) is 71.1 Å². The van der Waals surface area contributed by atoms with Crippen LogP contribution >= 0.6 is 0 Å². The number of ether oxygens (including phenoxy) is 15. The lowest BCUT2D eigenvalue weighted by atomic mass is 9.95. The fourth-order valence-electron chi connectivity index (χ4n) is 14.6. The van der Waals surface area contributed by atoms with E-state index in [0.29, 0.717) is 64.2 Å². The molecule has 7 aliphatic heterocycles. The Balaban J connectivity index is 0.836. The molecule has 7 rings (SSSR count). The van der Waals surface area contributed by atoms with Crippen LogP contribution in [0.15, 0.2) is 95.2 Å². The molecule has 0 aliphatic carbocycles. The number of aliphatic hydroxyl groups is 21. The van der Waals surface area contributed by atoms with Gasteiger partial charge in [-0.05, 0) is 146 Å². The molecule has 0 bridgehead atoms. The lowest BCUT2D eigenvalue weighted by molar-refractivity contribution is -0.375. The zero-order chi connectivity index (χ0) is 88.2. The number of hydrogen-bond donors (Lipinski definition) is 21. The van der Waals surface area contributed by atoms with Gasteiger partial charge in [0.05, 0.1) is 63.1 Å². The van der Waals surface area contributed by atoms with E-state index in [2.05, 4.69) is 25.3 Å². The van der Waals surface area contributed by atoms with Gasteiger partial charge in [0, 0.05) is 5.57 Å². The minimum atomic E-state index is -1.94. The summed E-state index contributed by atoms with van der Waals surface area (Å²) in [5, 5.41) is 224. The predicted molar refractivity (Wildman–Crippen MR) is 416 cm³/mol. The molecule has 0 aromatic rings. The second-order valence-corrected chi connectivity index (χ2v) is 32.7. The highest BCUT2D eigenvalue weighted by Gasteiger charge is 2.57. The molecular weight excluding hydrogens is 1580 g/mol. The normalized spacial score (nSPS) is 41.1. The summed E-state index contributed by atoms with van der Waals surface area (Å²) in [6.45, 7) is 21.9. The summed E-state index contributed by atoms with van der Waals surface area (Å²) < 4.78 is 88.1. The predicted octanol–water partition coefficient (Wildman–Crippen LogP) is -2.41. The summed E-state index contributed by atoms with van der Waals surface area (Å²) in [4.78, 5) is 13.6. The quantitative estimate of drug-likeness (QED) is 0.0172. The van der Waals surface area contributed by atoms with Gasteiger partial charge in [-0.15, -0.1) is 13.2 Å². The lowest BCUT2D eigenvalue weighted by Crippen LogP contribution is -2.65. The molecule has 0 saturated carbocycles. The Hall–Kier alpha value is -4.01. The number of esters is 1. The Kier molecular flexibility index (Phi) is 40.8. The van der Waals surface area contributed by atoms with Crippen molar-refractivity contribution in [3.05, 3.63) is 95.2 Å². The molecule has 0 spiro atoms. The molecule has 37 atom stereocenters. The van der Waals surface area contributed by atoms with Gasteiger partial charge >= 0.3 is 5.97 Å². The summed E-state index contributed by atoms with van der Waals surface area (Å²) in [5.74, 6) is -0.874. The van der Waals surface area contributed by atoms with Crippen LogP contribution in [0.2, 0.25) is 0 Å².